The van der Waals surface area contributed by atoms with Gasteiger partial charge in [0.1, 0.15) is 5.41 Å². The standard InChI is InChI=1S/C14H23NO3/c1-9(2)10-3-5-11(6-4-10)15-12(16)14(7-8-14)13(17)18/h9-11H,3-8H2,1-2H3,(H,15,16)(H,17,18). The average molecular weight is 253 g/mol. The van der Waals surface area contributed by atoms with Gasteiger partial charge in [0, 0.05) is 6.04 Å². The van der Waals surface area contributed by atoms with Gasteiger partial charge in [0.25, 0.3) is 0 Å². The molecule has 0 heterocycles. The first-order valence-corrected chi connectivity index (χ1v) is 7.00. The maximum Gasteiger partial charge on any atom is 0.319 e. The van der Waals surface area contributed by atoms with E-state index < -0.39 is 11.4 Å². The van der Waals surface area contributed by atoms with Crippen LogP contribution < -0.4 is 5.32 Å². The van der Waals surface area contributed by atoms with Crippen LogP contribution in [0.15, 0.2) is 0 Å². The Morgan fingerprint density at radius 3 is 2.11 bits per heavy atom. The molecule has 0 aromatic heterocycles. The van der Waals surface area contributed by atoms with Crippen LogP contribution in [0.4, 0.5) is 0 Å². The highest BCUT2D eigenvalue weighted by Gasteiger charge is 2.57. The quantitative estimate of drug-likeness (QED) is 0.755. The molecule has 0 bridgehead atoms. The van der Waals surface area contributed by atoms with Crippen LogP contribution in [-0.4, -0.2) is 23.0 Å². The molecule has 0 unspecified atom stereocenters. The average Bonchev–Trinajstić information content (AvgIpc) is 3.10. The number of amides is 1. The van der Waals surface area contributed by atoms with Gasteiger partial charge in [0.05, 0.1) is 0 Å². The van der Waals surface area contributed by atoms with Gasteiger partial charge in [-0.1, -0.05) is 13.8 Å². The molecule has 0 saturated heterocycles. The summed E-state index contributed by atoms with van der Waals surface area (Å²) >= 11 is 0. The topological polar surface area (TPSA) is 66.4 Å². The van der Waals surface area contributed by atoms with Crippen LogP contribution in [-0.2, 0) is 9.59 Å². The first-order chi connectivity index (χ1) is 8.45. The third-order valence-electron chi connectivity index (χ3n) is 4.64. The van der Waals surface area contributed by atoms with E-state index in [0.29, 0.717) is 18.8 Å². The fourth-order valence-corrected chi connectivity index (χ4v) is 2.92. The zero-order chi connectivity index (χ0) is 13.3. The molecule has 102 valence electrons. The monoisotopic (exact) mass is 253 g/mol. The zero-order valence-corrected chi connectivity index (χ0v) is 11.2. The minimum atomic E-state index is -1.09. The summed E-state index contributed by atoms with van der Waals surface area (Å²) in [6.45, 7) is 4.49. The predicted molar refractivity (Wildman–Crippen MR) is 68.0 cm³/mol. The van der Waals surface area contributed by atoms with E-state index in [1.165, 1.54) is 0 Å². The molecule has 18 heavy (non-hydrogen) atoms. The summed E-state index contributed by atoms with van der Waals surface area (Å²) in [6, 6.07) is 0.185. The van der Waals surface area contributed by atoms with Crippen molar-refractivity contribution >= 4 is 11.9 Å². The number of carbonyl (C=O) groups is 2. The van der Waals surface area contributed by atoms with Gasteiger partial charge in [-0.25, -0.2) is 0 Å². The van der Waals surface area contributed by atoms with Gasteiger partial charge in [-0.2, -0.15) is 0 Å². The van der Waals surface area contributed by atoms with Crippen LogP contribution in [0.25, 0.3) is 0 Å². The molecule has 2 rings (SSSR count). The van der Waals surface area contributed by atoms with E-state index in [4.69, 9.17) is 5.11 Å². The molecular weight excluding hydrogens is 230 g/mol. The minimum Gasteiger partial charge on any atom is -0.480 e. The molecule has 4 nitrogen and oxygen atoms in total. The molecule has 2 saturated carbocycles. The van der Waals surface area contributed by atoms with Crippen LogP contribution in [0.2, 0.25) is 0 Å². The van der Waals surface area contributed by atoms with Gasteiger partial charge in [0.2, 0.25) is 5.91 Å². The third kappa shape index (κ3) is 2.52. The summed E-state index contributed by atoms with van der Waals surface area (Å²) in [5.74, 6) is 0.238. The molecular formula is C14H23NO3. The number of carboxylic acids is 1. The molecule has 0 radical (unpaired) electrons. The lowest BCUT2D eigenvalue weighted by molar-refractivity contribution is -0.149. The summed E-state index contributed by atoms with van der Waals surface area (Å²) in [6.07, 6.45) is 5.25. The number of carboxylic acid groups (broad SMARTS) is 1. The molecule has 0 aliphatic heterocycles. The van der Waals surface area contributed by atoms with Gasteiger partial charge in [-0.15, -0.1) is 0 Å². The highest BCUT2D eigenvalue weighted by Crippen LogP contribution is 2.46. The Labute approximate surface area is 108 Å². The zero-order valence-electron chi connectivity index (χ0n) is 11.2. The van der Waals surface area contributed by atoms with Gasteiger partial charge < -0.3 is 10.4 Å². The molecule has 1 amide bonds. The second-order valence-electron chi connectivity index (χ2n) is 6.22. The predicted octanol–water partition coefficient (Wildman–Crippen LogP) is 2.18. The van der Waals surface area contributed by atoms with E-state index >= 15 is 0 Å². The smallest absolute Gasteiger partial charge is 0.319 e. The van der Waals surface area contributed by atoms with Crippen molar-refractivity contribution in [1.29, 1.82) is 0 Å². The molecule has 0 spiro atoms. The van der Waals surface area contributed by atoms with E-state index in [9.17, 15) is 9.59 Å². The van der Waals surface area contributed by atoms with Crippen molar-refractivity contribution < 1.29 is 14.7 Å². The second-order valence-corrected chi connectivity index (χ2v) is 6.22. The first kappa shape index (κ1) is 13.4. The SMILES string of the molecule is CC(C)C1CCC(NC(=O)C2(C(=O)O)CC2)CC1. The number of hydrogen-bond acceptors (Lipinski definition) is 2. The number of nitrogens with one attached hydrogen (secondary N) is 1. The number of hydrogen-bond donors (Lipinski definition) is 2. The number of aliphatic carboxylic acids is 1. The Kier molecular flexibility index (Phi) is 3.64. The summed E-state index contributed by atoms with van der Waals surface area (Å²) in [4.78, 5) is 23.0. The van der Waals surface area contributed by atoms with Gasteiger partial charge in [-0.05, 0) is 50.4 Å². The van der Waals surface area contributed by atoms with Crippen molar-refractivity contribution in [1.82, 2.24) is 5.32 Å². The Bertz CT molecular complexity index is 339. The Balaban J connectivity index is 1.82. The highest BCUT2D eigenvalue weighted by atomic mass is 16.4. The van der Waals surface area contributed by atoms with Crippen molar-refractivity contribution in [2.45, 2.75) is 58.4 Å². The molecule has 0 aromatic rings. The molecule has 0 aromatic carbocycles. The lowest BCUT2D eigenvalue weighted by Gasteiger charge is -2.31. The van der Waals surface area contributed by atoms with Crippen molar-refractivity contribution in [2.75, 3.05) is 0 Å². The van der Waals surface area contributed by atoms with Crippen molar-refractivity contribution in [3.05, 3.63) is 0 Å². The number of rotatable bonds is 4. The minimum absolute atomic E-state index is 0.185. The first-order valence-electron chi connectivity index (χ1n) is 7.00. The van der Waals surface area contributed by atoms with Crippen molar-refractivity contribution in [3.63, 3.8) is 0 Å². The van der Waals surface area contributed by atoms with Crippen LogP contribution >= 0.6 is 0 Å². The summed E-state index contributed by atoms with van der Waals surface area (Å²) in [5.41, 5.74) is -1.09. The van der Waals surface area contributed by atoms with Gasteiger partial charge >= 0.3 is 5.97 Å². The van der Waals surface area contributed by atoms with Gasteiger partial charge in [0.15, 0.2) is 0 Å². The molecule has 2 N–H and O–H groups in total. The van der Waals surface area contributed by atoms with Crippen LogP contribution in [0, 0.1) is 17.3 Å². The maximum absolute atomic E-state index is 12.0. The molecule has 2 aliphatic carbocycles. The van der Waals surface area contributed by atoms with Crippen LogP contribution in [0.5, 0.6) is 0 Å². The highest BCUT2D eigenvalue weighted by molar-refractivity contribution is 6.04. The van der Waals surface area contributed by atoms with Crippen molar-refractivity contribution in [2.24, 2.45) is 17.3 Å². The van der Waals surface area contributed by atoms with Crippen LogP contribution in [0.1, 0.15) is 52.4 Å². The molecule has 2 fully saturated rings. The molecule has 4 heteroatoms. The molecule has 2 aliphatic rings. The third-order valence-corrected chi connectivity index (χ3v) is 4.64. The number of carbonyl (C=O) groups excluding carboxylic acids is 1. The van der Waals surface area contributed by atoms with Crippen molar-refractivity contribution in [3.8, 4) is 0 Å². The Hall–Kier alpha value is -1.06. The fourth-order valence-electron chi connectivity index (χ4n) is 2.92. The summed E-state index contributed by atoms with van der Waals surface area (Å²) in [7, 11) is 0. The van der Waals surface area contributed by atoms with E-state index in [1.54, 1.807) is 0 Å². The fraction of sp³-hybridized carbons (Fsp3) is 0.857. The lowest BCUT2D eigenvalue weighted by atomic mass is 9.79. The largest absolute Gasteiger partial charge is 0.480 e. The van der Waals surface area contributed by atoms with E-state index in [2.05, 4.69) is 19.2 Å². The lowest BCUT2D eigenvalue weighted by Crippen LogP contribution is -2.44. The maximum atomic E-state index is 12.0. The van der Waals surface area contributed by atoms with Gasteiger partial charge in [-0.3, -0.25) is 9.59 Å². The molecule has 0 atom stereocenters. The summed E-state index contributed by atoms with van der Waals surface area (Å²) in [5, 5.41) is 12.0. The van der Waals surface area contributed by atoms with E-state index in [-0.39, 0.29) is 11.9 Å². The van der Waals surface area contributed by atoms with E-state index in [0.717, 1.165) is 31.6 Å². The van der Waals surface area contributed by atoms with Crippen LogP contribution in [0.3, 0.4) is 0 Å². The summed E-state index contributed by atoms with van der Waals surface area (Å²) < 4.78 is 0. The second kappa shape index (κ2) is 4.90. The van der Waals surface area contributed by atoms with E-state index in [1.807, 2.05) is 0 Å². The Morgan fingerprint density at radius 1 is 1.17 bits per heavy atom. The normalized spacial score (nSPS) is 29.9. The Morgan fingerprint density at radius 2 is 1.72 bits per heavy atom.